The van der Waals surface area contributed by atoms with Gasteiger partial charge in [-0.3, -0.25) is 14.5 Å². The van der Waals surface area contributed by atoms with Gasteiger partial charge in [-0.05, 0) is 30.9 Å². The number of hydrogen-bond acceptors (Lipinski definition) is 7. The number of nitrogens with one attached hydrogen (secondary N) is 1. The van der Waals surface area contributed by atoms with Crippen LogP contribution in [0.25, 0.3) is 0 Å². The summed E-state index contributed by atoms with van der Waals surface area (Å²) in [5, 5.41) is 0. The van der Waals surface area contributed by atoms with Crippen LogP contribution in [-0.4, -0.2) is 102 Å². The van der Waals surface area contributed by atoms with E-state index < -0.39 is 10.0 Å². The molecule has 0 radical (unpaired) electrons. The lowest BCUT2D eigenvalue weighted by Crippen LogP contribution is -2.47. The van der Waals surface area contributed by atoms with Crippen molar-refractivity contribution in [1.82, 2.24) is 14.5 Å². The standard InChI is InChI=1S/C23H36N4O6S/c1-32-18-23(29)27-11-5-10-25(20-8-14-33-15-9-20)12-13-26(22(28)16-24-34(2,30)31)17-19-6-3-4-7-21(19)27/h3-4,6-7,20,24H,5,8-18H2,1-2H3. The molecule has 1 N–H and O–H groups in total. The zero-order chi connectivity index (χ0) is 24.6. The van der Waals surface area contributed by atoms with Crippen LogP contribution in [0.4, 0.5) is 5.69 Å². The van der Waals surface area contributed by atoms with Crippen molar-refractivity contribution in [2.45, 2.75) is 31.8 Å². The number of benzene rings is 1. The van der Waals surface area contributed by atoms with Crippen LogP contribution in [0.2, 0.25) is 0 Å². The molecule has 2 aliphatic heterocycles. The van der Waals surface area contributed by atoms with Crippen LogP contribution >= 0.6 is 0 Å². The molecule has 0 spiro atoms. The Morgan fingerprint density at radius 2 is 1.82 bits per heavy atom. The summed E-state index contributed by atoms with van der Waals surface area (Å²) in [6.07, 6.45) is 3.67. The van der Waals surface area contributed by atoms with Crippen LogP contribution in [0.3, 0.4) is 0 Å². The van der Waals surface area contributed by atoms with Crippen molar-refractivity contribution in [1.29, 1.82) is 0 Å². The zero-order valence-corrected chi connectivity index (χ0v) is 20.9. The molecular formula is C23H36N4O6S. The van der Waals surface area contributed by atoms with Gasteiger partial charge >= 0.3 is 0 Å². The third-order valence-electron chi connectivity index (χ3n) is 6.24. The summed E-state index contributed by atoms with van der Waals surface area (Å²) >= 11 is 0. The Labute approximate surface area is 202 Å². The number of para-hydroxylation sites is 1. The number of hydrogen-bond donors (Lipinski definition) is 1. The van der Waals surface area contributed by atoms with E-state index in [1.54, 1.807) is 9.80 Å². The average molecular weight is 497 g/mol. The molecule has 0 unspecified atom stereocenters. The normalized spacial score (nSPS) is 19.4. The van der Waals surface area contributed by atoms with Gasteiger partial charge in [-0.2, -0.15) is 0 Å². The maximum atomic E-state index is 13.1. The maximum Gasteiger partial charge on any atom is 0.252 e. The molecule has 2 heterocycles. The molecule has 0 aliphatic carbocycles. The summed E-state index contributed by atoms with van der Waals surface area (Å²) < 4.78 is 36.1. The zero-order valence-electron chi connectivity index (χ0n) is 20.1. The quantitative estimate of drug-likeness (QED) is 0.608. The Morgan fingerprint density at radius 3 is 2.53 bits per heavy atom. The summed E-state index contributed by atoms with van der Waals surface area (Å²) in [5.41, 5.74) is 1.58. The monoisotopic (exact) mass is 496 g/mol. The number of carbonyl (C=O) groups is 2. The predicted molar refractivity (Wildman–Crippen MR) is 129 cm³/mol. The summed E-state index contributed by atoms with van der Waals surface area (Å²) in [6.45, 7) is 3.83. The lowest BCUT2D eigenvalue weighted by molar-refractivity contribution is -0.131. The van der Waals surface area contributed by atoms with E-state index in [2.05, 4.69) is 9.62 Å². The highest BCUT2D eigenvalue weighted by atomic mass is 32.2. The van der Waals surface area contributed by atoms with Gasteiger partial charge < -0.3 is 19.3 Å². The number of rotatable bonds is 6. The van der Waals surface area contributed by atoms with Crippen molar-refractivity contribution >= 4 is 27.5 Å². The largest absolute Gasteiger partial charge is 0.381 e. The summed E-state index contributed by atoms with van der Waals surface area (Å²) in [4.78, 5) is 31.8. The Kier molecular flexibility index (Phi) is 9.84. The third kappa shape index (κ3) is 7.74. The van der Waals surface area contributed by atoms with Crippen molar-refractivity contribution in [3.05, 3.63) is 29.8 Å². The molecule has 0 saturated carbocycles. The Morgan fingerprint density at radius 1 is 1.09 bits per heavy atom. The van der Waals surface area contributed by atoms with E-state index in [1.807, 2.05) is 24.3 Å². The van der Waals surface area contributed by atoms with E-state index in [-0.39, 0.29) is 31.5 Å². The molecule has 3 rings (SSSR count). The molecule has 1 aromatic carbocycles. The third-order valence-corrected chi connectivity index (χ3v) is 6.91. The fourth-order valence-electron chi connectivity index (χ4n) is 4.50. The predicted octanol–water partition coefficient (Wildman–Crippen LogP) is 0.429. The number of anilines is 1. The first-order chi connectivity index (χ1) is 16.3. The van der Waals surface area contributed by atoms with Crippen LogP contribution in [0.1, 0.15) is 24.8 Å². The fourth-order valence-corrected chi connectivity index (χ4v) is 4.88. The SMILES string of the molecule is COCC(=O)N1CCCN(C2CCOCC2)CCN(C(=O)CNS(C)(=O)=O)Cc2ccccc21. The van der Waals surface area contributed by atoms with E-state index >= 15 is 0 Å². The lowest BCUT2D eigenvalue weighted by atomic mass is 10.1. The molecule has 11 heteroatoms. The van der Waals surface area contributed by atoms with Gasteiger partial charge in [-0.25, -0.2) is 13.1 Å². The molecular weight excluding hydrogens is 460 g/mol. The first-order valence-corrected chi connectivity index (χ1v) is 13.6. The number of ether oxygens (including phenoxy) is 2. The average Bonchev–Trinajstić information content (AvgIpc) is 2.85. The molecule has 34 heavy (non-hydrogen) atoms. The second kappa shape index (κ2) is 12.6. The number of fused-ring (bicyclic) bond motifs is 1. The van der Waals surface area contributed by atoms with Crippen molar-refractivity contribution in [3.63, 3.8) is 0 Å². The lowest BCUT2D eigenvalue weighted by Gasteiger charge is -2.35. The van der Waals surface area contributed by atoms with Gasteiger partial charge in [-0.1, -0.05) is 18.2 Å². The maximum absolute atomic E-state index is 13.1. The number of amides is 2. The number of sulfonamides is 1. The molecule has 10 nitrogen and oxygen atoms in total. The Hall–Kier alpha value is -2.05. The molecule has 0 aromatic heterocycles. The highest BCUT2D eigenvalue weighted by Gasteiger charge is 2.27. The van der Waals surface area contributed by atoms with Crippen LogP contribution in [0.15, 0.2) is 24.3 Å². The van der Waals surface area contributed by atoms with Gasteiger partial charge in [0.15, 0.2) is 0 Å². The number of nitrogens with zero attached hydrogens (tertiary/aromatic N) is 3. The topological polar surface area (TPSA) is 108 Å². The molecule has 2 aliphatic rings. The number of carbonyl (C=O) groups excluding carboxylic acids is 2. The molecule has 0 atom stereocenters. The second-order valence-electron chi connectivity index (χ2n) is 8.75. The van der Waals surface area contributed by atoms with Crippen molar-refractivity contribution in [2.24, 2.45) is 0 Å². The molecule has 1 aromatic rings. The van der Waals surface area contributed by atoms with E-state index in [4.69, 9.17) is 9.47 Å². The van der Waals surface area contributed by atoms with Crippen LogP contribution in [-0.2, 0) is 35.6 Å². The first kappa shape index (κ1) is 26.6. The Balaban J connectivity index is 1.90. The second-order valence-corrected chi connectivity index (χ2v) is 10.6. The highest BCUT2D eigenvalue weighted by Crippen LogP contribution is 2.24. The molecule has 0 bridgehead atoms. The summed E-state index contributed by atoms with van der Waals surface area (Å²) in [5.74, 6) is -0.440. The van der Waals surface area contributed by atoms with Gasteiger partial charge in [-0.15, -0.1) is 0 Å². The first-order valence-electron chi connectivity index (χ1n) is 11.7. The summed E-state index contributed by atoms with van der Waals surface area (Å²) in [7, 11) is -2.00. The van der Waals surface area contributed by atoms with Gasteiger partial charge in [0.05, 0.1) is 12.8 Å². The van der Waals surface area contributed by atoms with Gasteiger partial charge in [0.2, 0.25) is 15.9 Å². The van der Waals surface area contributed by atoms with Crippen molar-refractivity contribution < 1.29 is 27.5 Å². The molecule has 2 amide bonds. The van der Waals surface area contributed by atoms with E-state index in [9.17, 15) is 18.0 Å². The van der Waals surface area contributed by atoms with Gasteiger partial charge in [0.1, 0.15) is 6.61 Å². The molecule has 1 saturated heterocycles. The minimum absolute atomic E-state index is 0.0288. The molecule has 1 fully saturated rings. The van der Waals surface area contributed by atoms with Gasteiger partial charge in [0, 0.05) is 64.8 Å². The fraction of sp³-hybridized carbons (Fsp3) is 0.652. The smallest absolute Gasteiger partial charge is 0.252 e. The van der Waals surface area contributed by atoms with E-state index in [0.717, 1.165) is 43.3 Å². The van der Waals surface area contributed by atoms with Gasteiger partial charge in [0.25, 0.3) is 5.91 Å². The summed E-state index contributed by atoms with van der Waals surface area (Å²) in [6, 6.07) is 7.89. The van der Waals surface area contributed by atoms with Crippen molar-refractivity contribution in [3.8, 4) is 0 Å². The van der Waals surface area contributed by atoms with Crippen LogP contribution in [0.5, 0.6) is 0 Å². The number of methoxy groups -OCH3 is 1. The molecule has 190 valence electrons. The minimum atomic E-state index is -3.50. The van der Waals surface area contributed by atoms with Crippen LogP contribution < -0.4 is 9.62 Å². The van der Waals surface area contributed by atoms with E-state index in [0.29, 0.717) is 38.9 Å². The van der Waals surface area contributed by atoms with Crippen LogP contribution in [0, 0.1) is 0 Å². The minimum Gasteiger partial charge on any atom is -0.381 e. The Bertz CT molecular complexity index is 935. The highest BCUT2D eigenvalue weighted by molar-refractivity contribution is 7.88. The van der Waals surface area contributed by atoms with E-state index in [1.165, 1.54) is 7.11 Å². The van der Waals surface area contributed by atoms with Crippen molar-refractivity contribution in [2.75, 3.05) is 70.8 Å².